The topological polar surface area (TPSA) is 32.3 Å². The first-order valence-electron chi connectivity index (χ1n) is 7.46. The minimum absolute atomic E-state index is 0.0783. The van der Waals surface area contributed by atoms with Crippen LogP contribution in [0.2, 0.25) is 0 Å². The molecule has 1 fully saturated rings. The molecule has 1 heterocycles. The van der Waals surface area contributed by atoms with Gasteiger partial charge in [-0.25, -0.2) is 9.18 Å². The Morgan fingerprint density at radius 1 is 1.16 bits per heavy atom. The van der Waals surface area contributed by atoms with E-state index >= 15 is 0 Å². The number of nitrogens with zero attached hydrogens (tertiary/aromatic N) is 1. The van der Waals surface area contributed by atoms with Crippen LogP contribution in [-0.2, 0) is 6.18 Å². The Labute approximate surface area is 146 Å². The fraction of sp³-hybridized carbons (Fsp3) is 0.235. The summed E-state index contributed by atoms with van der Waals surface area (Å²) in [6.07, 6.45) is -4.47. The molecular weight excluding hydrogens is 356 g/mol. The molecular formula is C17H14F4N2OS. The highest BCUT2D eigenvalue weighted by Crippen LogP contribution is 2.38. The van der Waals surface area contributed by atoms with E-state index < -0.39 is 17.8 Å². The van der Waals surface area contributed by atoms with Crippen LogP contribution < -0.4 is 5.32 Å². The predicted molar refractivity (Wildman–Crippen MR) is 88.8 cm³/mol. The number of thioether (sulfide) groups is 1. The quantitative estimate of drug-likeness (QED) is 0.744. The molecule has 0 spiro atoms. The highest BCUT2D eigenvalue weighted by atomic mass is 32.2. The van der Waals surface area contributed by atoms with Crippen LogP contribution in [-0.4, -0.2) is 23.2 Å². The molecule has 2 aromatic rings. The number of benzene rings is 2. The lowest BCUT2D eigenvalue weighted by Gasteiger charge is -2.24. The maximum Gasteiger partial charge on any atom is 0.416 e. The number of hydrogen-bond donors (Lipinski definition) is 1. The number of carbonyl (C=O) groups is 1. The zero-order valence-corrected chi connectivity index (χ0v) is 13.7. The van der Waals surface area contributed by atoms with Crippen molar-refractivity contribution >= 4 is 23.5 Å². The number of halogens is 4. The third-order valence-electron chi connectivity index (χ3n) is 3.75. The molecule has 132 valence electrons. The summed E-state index contributed by atoms with van der Waals surface area (Å²) in [5.41, 5.74) is 0.0221. The molecule has 3 rings (SSSR count). The van der Waals surface area contributed by atoms with E-state index in [1.54, 1.807) is 12.1 Å². The highest BCUT2D eigenvalue weighted by molar-refractivity contribution is 7.99. The van der Waals surface area contributed by atoms with Crippen LogP contribution >= 0.6 is 11.8 Å². The lowest BCUT2D eigenvalue weighted by molar-refractivity contribution is -0.137. The van der Waals surface area contributed by atoms with Crippen LogP contribution in [0.15, 0.2) is 48.5 Å². The summed E-state index contributed by atoms with van der Waals surface area (Å²) in [6.45, 7) is 0.456. The molecule has 25 heavy (non-hydrogen) atoms. The molecule has 1 saturated heterocycles. The lowest BCUT2D eigenvalue weighted by atomic mass is 10.2. The van der Waals surface area contributed by atoms with E-state index in [2.05, 4.69) is 5.32 Å². The molecule has 0 aliphatic carbocycles. The molecule has 1 aliphatic rings. The Morgan fingerprint density at radius 3 is 2.56 bits per heavy atom. The summed E-state index contributed by atoms with van der Waals surface area (Å²) in [6, 6.07) is 9.84. The van der Waals surface area contributed by atoms with E-state index in [-0.39, 0.29) is 16.9 Å². The van der Waals surface area contributed by atoms with Gasteiger partial charge in [0.05, 0.1) is 5.56 Å². The molecule has 0 bridgehead atoms. The van der Waals surface area contributed by atoms with Crippen molar-refractivity contribution in [1.29, 1.82) is 0 Å². The number of carbonyl (C=O) groups excluding carboxylic acids is 1. The zero-order valence-electron chi connectivity index (χ0n) is 12.9. The molecule has 1 N–H and O–H groups in total. The molecule has 2 aromatic carbocycles. The normalized spacial score (nSPS) is 17.6. The molecule has 8 heteroatoms. The van der Waals surface area contributed by atoms with E-state index in [1.807, 2.05) is 0 Å². The maximum absolute atomic E-state index is 13.1. The molecule has 3 nitrogen and oxygen atoms in total. The van der Waals surface area contributed by atoms with Gasteiger partial charge in [0, 0.05) is 18.0 Å². The van der Waals surface area contributed by atoms with Crippen molar-refractivity contribution in [2.24, 2.45) is 0 Å². The summed E-state index contributed by atoms with van der Waals surface area (Å²) in [5.74, 6) is 0.324. The maximum atomic E-state index is 13.1. The average Bonchev–Trinajstić information content (AvgIpc) is 3.05. The van der Waals surface area contributed by atoms with E-state index in [4.69, 9.17) is 0 Å². The fourth-order valence-electron chi connectivity index (χ4n) is 2.55. The SMILES string of the molecule is O=C(Nc1cccc(C(F)(F)F)c1)N1CCSC1c1ccc(F)cc1. The number of amides is 2. The van der Waals surface area contributed by atoms with Crippen molar-refractivity contribution in [2.75, 3.05) is 17.6 Å². The zero-order chi connectivity index (χ0) is 18.0. The number of alkyl halides is 3. The van der Waals surface area contributed by atoms with Crippen LogP contribution in [0.5, 0.6) is 0 Å². The third kappa shape index (κ3) is 4.07. The van der Waals surface area contributed by atoms with E-state index in [1.165, 1.54) is 40.9 Å². The second-order valence-corrected chi connectivity index (χ2v) is 6.66. The van der Waals surface area contributed by atoms with Gasteiger partial charge in [0.25, 0.3) is 0 Å². The van der Waals surface area contributed by atoms with Gasteiger partial charge in [0.1, 0.15) is 11.2 Å². The first-order chi connectivity index (χ1) is 11.8. The van der Waals surface area contributed by atoms with Crippen molar-refractivity contribution in [2.45, 2.75) is 11.6 Å². The molecule has 0 saturated carbocycles. The van der Waals surface area contributed by atoms with E-state index in [9.17, 15) is 22.4 Å². The van der Waals surface area contributed by atoms with Crippen LogP contribution in [0.4, 0.5) is 28.0 Å². The van der Waals surface area contributed by atoms with Gasteiger partial charge in [-0.15, -0.1) is 11.8 Å². The van der Waals surface area contributed by atoms with Crippen LogP contribution in [0.3, 0.4) is 0 Å². The molecule has 2 amide bonds. The predicted octanol–water partition coefficient (Wildman–Crippen LogP) is 5.12. The molecule has 0 radical (unpaired) electrons. The van der Waals surface area contributed by atoms with E-state index in [0.29, 0.717) is 12.3 Å². The Bertz CT molecular complexity index is 764. The minimum Gasteiger partial charge on any atom is -0.308 e. The number of rotatable bonds is 2. The second kappa shape index (κ2) is 6.95. The van der Waals surface area contributed by atoms with Gasteiger partial charge in [-0.2, -0.15) is 13.2 Å². The van der Waals surface area contributed by atoms with Gasteiger partial charge in [-0.1, -0.05) is 18.2 Å². The highest BCUT2D eigenvalue weighted by Gasteiger charge is 2.32. The van der Waals surface area contributed by atoms with Gasteiger partial charge < -0.3 is 10.2 Å². The summed E-state index contributed by atoms with van der Waals surface area (Å²) in [7, 11) is 0. The molecule has 1 atom stereocenters. The van der Waals surface area contributed by atoms with E-state index in [0.717, 1.165) is 17.7 Å². The fourth-order valence-corrected chi connectivity index (χ4v) is 3.81. The van der Waals surface area contributed by atoms with Crippen LogP contribution in [0.1, 0.15) is 16.5 Å². The first kappa shape index (κ1) is 17.6. The minimum atomic E-state index is -4.47. The smallest absolute Gasteiger partial charge is 0.308 e. The van der Waals surface area contributed by atoms with Crippen molar-refractivity contribution in [3.05, 3.63) is 65.5 Å². The second-order valence-electron chi connectivity index (χ2n) is 5.48. The standard InChI is InChI=1S/C17H14F4N2OS/c18-13-6-4-11(5-7-13)15-23(8-9-25-15)16(24)22-14-3-1-2-12(10-14)17(19,20)21/h1-7,10,15H,8-9H2,(H,22,24). The Kier molecular flexibility index (Phi) is 4.89. The first-order valence-corrected chi connectivity index (χ1v) is 8.51. The molecule has 0 aromatic heterocycles. The molecule has 1 aliphatic heterocycles. The summed E-state index contributed by atoms with van der Waals surface area (Å²) >= 11 is 1.52. The van der Waals surface area contributed by atoms with Gasteiger partial charge in [0.2, 0.25) is 0 Å². The largest absolute Gasteiger partial charge is 0.416 e. The number of anilines is 1. The van der Waals surface area contributed by atoms with Gasteiger partial charge >= 0.3 is 12.2 Å². The Hall–Kier alpha value is -2.22. The number of nitrogens with one attached hydrogen (secondary N) is 1. The Balaban J connectivity index is 1.75. The number of urea groups is 1. The van der Waals surface area contributed by atoms with Gasteiger partial charge in [0.15, 0.2) is 0 Å². The van der Waals surface area contributed by atoms with Crippen molar-refractivity contribution in [1.82, 2.24) is 4.90 Å². The molecule has 1 unspecified atom stereocenters. The summed E-state index contributed by atoms with van der Waals surface area (Å²) in [4.78, 5) is 14.0. The van der Waals surface area contributed by atoms with Gasteiger partial charge in [-0.3, -0.25) is 0 Å². The number of hydrogen-bond acceptors (Lipinski definition) is 2. The van der Waals surface area contributed by atoms with Crippen molar-refractivity contribution < 1.29 is 22.4 Å². The van der Waals surface area contributed by atoms with Crippen molar-refractivity contribution in [3.8, 4) is 0 Å². The van der Waals surface area contributed by atoms with Gasteiger partial charge in [-0.05, 0) is 35.9 Å². The summed E-state index contributed by atoms with van der Waals surface area (Å²) < 4.78 is 51.4. The third-order valence-corrected chi connectivity index (χ3v) is 5.01. The Morgan fingerprint density at radius 2 is 1.88 bits per heavy atom. The average molecular weight is 370 g/mol. The monoisotopic (exact) mass is 370 g/mol. The summed E-state index contributed by atoms with van der Waals surface area (Å²) in [5, 5.41) is 2.21. The van der Waals surface area contributed by atoms with Crippen molar-refractivity contribution in [3.63, 3.8) is 0 Å². The van der Waals surface area contributed by atoms with Crippen LogP contribution in [0.25, 0.3) is 0 Å². The lowest BCUT2D eigenvalue weighted by Crippen LogP contribution is -2.34. The van der Waals surface area contributed by atoms with Crippen LogP contribution in [0, 0.1) is 5.82 Å².